The monoisotopic (exact) mass is 879 g/mol. The number of anilines is 1. The molecule has 2 fully saturated rings. The van der Waals surface area contributed by atoms with E-state index in [2.05, 4.69) is 13.5 Å². The van der Waals surface area contributed by atoms with Gasteiger partial charge in [-0.05, 0) is 125 Å². The molecule has 0 spiro atoms. The number of thiazole rings is 1. The molecular formula is C50H61N3O9S. The van der Waals surface area contributed by atoms with Crippen LogP contribution in [0, 0.1) is 11.8 Å². The number of esters is 4. The lowest BCUT2D eigenvalue weighted by molar-refractivity contribution is -0.141. The first kappa shape index (κ1) is 46.9. The molecule has 336 valence electrons. The summed E-state index contributed by atoms with van der Waals surface area (Å²) in [7, 11) is 0. The van der Waals surface area contributed by atoms with Gasteiger partial charge in [0, 0.05) is 18.2 Å². The van der Waals surface area contributed by atoms with Crippen molar-refractivity contribution >= 4 is 56.8 Å². The largest absolute Gasteiger partial charge is 0.494 e. The summed E-state index contributed by atoms with van der Waals surface area (Å²) in [6.07, 6.45) is 17.1. The Labute approximate surface area is 375 Å². The highest BCUT2D eigenvalue weighted by Crippen LogP contribution is 2.32. The number of rotatable bonds is 23. The summed E-state index contributed by atoms with van der Waals surface area (Å²) in [6.45, 7) is 7.16. The summed E-state index contributed by atoms with van der Waals surface area (Å²) in [5.74, 6) is -0.421. The maximum Gasteiger partial charge on any atom is 0.339 e. The fourth-order valence-electron chi connectivity index (χ4n) is 7.84. The topological polar surface area (TPSA) is 143 Å². The van der Waals surface area contributed by atoms with E-state index in [1.165, 1.54) is 0 Å². The molecule has 0 saturated heterocycles. The van der Waals surface area contributed by atoms with Crippen LogP contribution in [0.3, 0.4) is 0 Å². The van der Waals surface area contributed by atoms with Crippen LogP contribution >= 0.6 is 11.3 Å². The molecule has 6 rings (SSSR count). The van der Waals surface area contributed by atoms with Crippen LogP contribution in [0.1, 0.15) is 132 Å². The average molecular weight is 880 g/mol. The third-order valence-electron chi connectivity index (χ3n) is 11.5. The van der Waals surface area contributed by atoms with Crippen molar-refractivity contribution in [3.05, 3.63) is 90.5 Å². The number of hydrazone groups is 1. The normalized spacial score (nSPS) is 16.7. The molecule has 13 heteroatoms. The maximum atomic E-state index is 13.9. The number of nitrogens with zero attached hydrogens (tertiary/aromatic N) is 3. The lowest BCUT2D eigenvalue weighted by atomic mass is 9.87. The Hall–Kier alpha value is -5.56. The molecule has 12 nitrogen and oxygen atoms in total. The zero-order chi connectivity index (χ0) is 44.2. The summed E-state index contributed by atoms with van der Waals surface area (Å²) < 4.78 is 29.6. The lowest BCUT2D eigenvalue weighted by Crippen LogP contribution is -2.30. The lowest BCUT2D eigenvalue weighted by Gasteiger charge is -2.27. The van der Waals surface area contributed by atoms with Gasteiger partial charge in [-0.25, -0.2) is 19.6 Å². The number of fused-ring (bicyclic) bond motifs is 1. The van der Waals surface area contributed by atoms with Crippen LogP contribution in [-0.4, -0.2) is 60.9 Å². The molecule has 0 amide bonds. The first-order valence-electron chi connectivity index (χ1n) is 22.8. The van der Waals surface area contributed by atoms with Crippen LogP contribution in [0.4, 0.5) is 5.13 Å². The maximum absolute atomic E-state index is 13.9. The zero-order valence-corrected chi connectivity index (χ0v) is 37.3. The Morgan fingerprint density at radius 2 is 1.43 bits per heavy atom. The summed E-state index contributed by atoms with van der Waals surface area (Å²) in [5.41, 5.74) is 1.68. The van der Waals surface area contributed by atoms with Crippen molar-refractivity contribution in [3.8, 4) is 17.2 Å². The summed E-state index contributed by atoms with van der Waals surface area (Å²) in [5, 5.41) is 7.54. The predicted molar refractivity (Wildman–Crippen MR) is 246 cm³/mol. The fraction of sp³-hybridized carbons (Fsp3) is 0.480. The molecule has 0 aliphatic heterocycles. The first-order chi connectivity index (χ1) is 30.8. The number of carbonyl (C=O) groups is 4. The molecular weight excluding hydrogens is 819 g/mol. The second-order valence-electron chi connectivity index (χ2n) is 16.3. The van der Waals surface area contributed by atoms with Crippen LogP contribution < -0.4 is 19.2 Å². The van der Waals surface area contributed by atoms with Gasteiger partial charge in [0.1, 0.15) is 23.4 Å². The molecule has 63 heavy (non-hydrogen) atoms. The number of hydrogen-bond acceptors (Lipinski definition) is 13. The number of para-hydroxylation sites is 1. The SMILES string of the molecule is C=CC(=O)OCCCCCCOc1ccc(OC(=O)[C@H]2CC[C@H](OC(=O)c3ccc(OC(=O)C4CCCCC4)cc3/C=N/N(CCCCCC)c3nc4ccccc4s3)CC2)cc1. The van der Waals surface area contributed by atoms with Crippen molar-refractivity contribution in [1.82, 2.24) is 4.98 Å². The van der Waals surface area contributed by atoms with Crippen LogP contribution in [0.2, 0.25) is 0 Å². The first-order valence-corrected chi connectivity index (χ1v) is 23.6. The molecule has 3 aromatic carbocycles. The highest BCUT2D eigenvalue weighted by molar-refractivity contribution is 7.22. The molecule has 0 bridgehead atoms. The highest BCUT2D eigenvalue weighted by atomic mass is 32.1. The van der Waals surface area contributed by atoms with E-state index >= 15 is 0 Å². The number of unbranched alkanes of at least 4 members (excludes halogenated alkanes) is 6. The van der Waals surface area contributed by atoms with Crippen molar-refractivity contribution in [3.63, 3.8) is 0 Å². The minimum absolute atomic E-state index is 0.132. The van der Waals surface area contributed by atoms with Gasteiger partial charge in [0.25, 0.3) is 0 Å². The van der Waals surface area contributed by atoms with Crippen molar-refractivity contribution < 1.29 is 42.9 Å². The van der Waals surface area contributed by atoms with Gasteiger partial charge in [0.05, 0.1) is 47.0 Å². The second kappa shape index (κ2) is 24.9. The Morgan fingerprint density at radius 3 is 2.16 bits per heavy atom. The van der Waals surface area contributed by atoms with E-state index in [4.69, 9.17) is 33.8 Å². The quantitative estimate of drug-likeness (QED) is 0.0175. The smallest absolute Gasteiger partial charge is 0.339 e. The fourth-order valence-corrected chi connectivity index (χ4v) is 8.79. The van der Waals surface area contributed by atoms with E-state index in [9.17, 15) is 19.2 Å². The zero-order valence-electron chi connectivity index (χ0n) is 36.5. The van der Waals surface area contributed by atoms with E-state index in [0.717, 1.165) is 105 Å². The number of ether oxygens (including phenoxy) is 5. The Morgan fingerprint density at radius 1 is 0.762 bits per heavy atom. The molecule has 2 saturated carbocycles. The van der Waals surface area contributed by atoms with Gasteiger partial charge in [-0.2, -0.15) is 5.10 Å². The molecule has 0 unspecified atom stereocenters. The van der Waals surface area contributed by atoms with Crippen LogP contribution in [0.5, 0.6) is 17.2 Å². The molecule has 0 N–H and O–H groups in total. The van der Waals surface area contributed by atoms with E-state index in [0.29, 0.717) is 73.8 Å². The summed E-state index contributed by atoms with van der Waals surface area (Å²) in [6, 6.07) is 20.0. The molecule has 1 aromatic heterocycles. The molecule has 4 aromatic rings. The third kappa shape index (κ3) is 14.8. The average Bonchev–Trinajstić information content (AvgIpc) is 3.75. The van der Waals surface area contributed by atoms with Gasteiger partial charge in [-0.1, -0.05) is 75.5 Å². The third-order valence-corrected chi connectivity index (χ3v) is 12.6. The second-order valence-corrected chi connectivity index (χ2v) is 17.3. The number of benzene rings is 3. The van der Waals surface area contributed by atoms with Gasteiger partial charge in [-0.15, -0.1) is 0 Å². The van der Waals surface area contributed by atoms with Crippen LogP contribution in [0.25, 0.3) is 10.2 Å². The van der Waals surface area contributed by atoms with Crippen molar-refractivity contribution in [1.29, 1.82) is 0 Å². The molecule has 2 aliphatic rings. The van der Waals surface area contributed by atoms with Crippen LogP contribution in [-0.2, 0) is 23.9 Å². The standard InChI is InChI=1S/C50H61N3O9S/c1-3-5-6-14-31-53(50-52-44-19-12-13-20-45(44)63-50)51-35-38-34-42(62-47(55)36-17-10-9-11-18-36)29-30-43(38)49(57)61-40-23-21-37(22-24-40)48(56)60-41-27-25-39(26-28-41)58-32-15-7-8-16-33-59-46(54)4-2/h4,12-13,19-20,25-30,34-37,40H,2-3,5-11,14-18,21-24,31-33H2,1H3/b51-35+/t37-,40-. The molecule has 0 atom stereocenters. The predicted octanol–water partition coefficient (Wildman–Crippen LogP) is 11.2. The van der Waals surface area contributed by atoms with E-state index in [1.807, 2.05) is 29.3 Å². The Kier molecular flexibility index (Phi) is 18.6. The highest BCUT2D eigenvalue weighted by Gasteiger charge is 2.31. The minimum Gasteiger partial charge on any atom is -0.494 e. The molecule has 0 radical (unpaired) electrons. The number of hydrogen-bond donors (Lipinski definition) is 0. The minimum atomic E-state index is -0.504. The van der Waals surface area contributed by atoms with E-state index in [-0.39, 0.29) is 29.9 Å². The van der Waals surface area contributed by atoms with Crippen molar-refractivity contribution in [2.75, 3.05) is 24.8 Å². The summed E-state index contributed by atoms with van der Waals surface area (Å²) >= 11 is 1.57. The van der Waals surface area contributed by atoms with Crippen LogP contribution in [0.15, 0.2) is 84.5 Å². The van der Waals surface area contributed by atoms with Gasteiger partial charge < -0.3 is 23.7 Å². The van der Waals surface area contributed by atoms with Gasteiger partial charge in [0.2, 0.25) is 5.13 Å². The number of aromatic nitrogens is 1. The summed E-state index contributed by atoms with van der Waals surface area (Å²) in [4.78, 5) is 56.2. The van der Waals surface area contributed by atoms with Gasteiger partial charge in [0.15, 0.2) is 0 Å². The Balaban J connectivity index is 1.04. The van der Waals surface area contributed by atoms with Gasteiger partial charge >= 0.3 is 23.9 Å². The van der Waals surface area contributed by atoms with E-state index in [1.54, 1.807) is 60.0 Å². The molecule has 2 aliphatic carbocycles. The van der Waals surface area contributed by atoms with Gasteiger partial charge in [-0.3, -0.25) is 9.59 Å². The van der Waals surface area contributed by atoms with Crippen molar-refractivity contribution in [2.45, 2.75) is 122 Å². The number of carbonyl (C=O) groups excluding carboxylic acids is 4. The van der Waals surface area contributed by atoms with Crippen molar-refractivity contribution in [2.24, 2.45) is 16.9 Å². The molecule has 1 heterocycles. The van der Waals surface area contributed by atoms with E-state index < -0.39 is 11.9 Å². The Bertz CT molecular complexity index is 2100.